The number of ether oxygens (including phenoxy) is 1. The number of hydrogen-bond acceptors (Lipinski definition) is 5. The fourth-order valence-corrected chi connectivity index (χ4v) is 3.88. The van der Waals surface area contributed by atoms with Crippen molar-refractivity contribution in [3.05, 3.63) is 65.2 Å². The van der Waals surface area contributed by atoms with Crippen LogP contribution in [0.1, 0.15) is 49.8 Å². The van der Waals surface area contributed by atoms with E-state index in [0.29, 0.717) is 24.1 Å². The van der Waals surface area contributed by atoms with Crippen molar-refractivity contribution in [2.24, 2.45) is 10.2 Å². The van der Waals surface area contributed by atoms with E-state index in [1.54, 1.807) is 6.21 Å². The number of para-hydroxylation sites is 1. The Kier molecular flexibility index (Phi) is 7.47. The Bertz CT molecular complexity index is 891. The Labute approximate surface area is 176 Å². The summed E-state index contributed by atoms with van der Waals surface area (Å²) in [6.45, 7) is 7.07. The average Bonchev–Trinajstić information content (AvgIpc) is 3.06. The molecule has 0 aromatic heterocycles. The van der Waals surface area contributed by atoms with Crippen LogP contribution in [0.25, 0.3) is 0 Å². The molecule has 1 N–H and O–H groups in total. The highest BCUT2D eigenvalue weighted by molar-refractivity contribution is 8.15. The molecule has 0 radical (unpaired) electrons. The molecule has 1 aliphatic heterocycles. The summed E-state index contributed by atoms with van der Waals surface area (Å²) < 4.78 is 5.72. The lowest BCUT2D eigenvalue weighted by molar-refractivity contribution is -0.118. The second kappa shape index (κ2) is 10.3. The van der Waals surface area contributed by atoms with Gasteiger partial charge in [0.25, 0.3) is 0 Å². The predicted octanol–water partition coefficient (Wildman–Crippen LogP) is 4.76. The maximum atomic E-state index is 12.3. The summed E-state index contributed by atoms with van der Waals surface area (Å²) in [5.74, 6) is 1.26. The Morgan fingerprint density at radius 2 is 1.93 bits per heavy atom. The molecule has 3 rings (SSSR count). The average molecular weight is 410 g/mol. The van der Waals surface area contributed by atoms with Gasteiger partial charge in [-0.3, -0.25) is 4.79 Å². The maximum absolute atomic E-state index is 12.3. The number of thioether (sulfide) groups is 1. The van der Waals surface area contributed by atoms with E-state index in [1.807, 2.05) is 24.3 Å². The summed E-state index contributed by atoms with van der Waals surface area (Å²) in [6, 6.07) is 16.2. The minimum absolute atomic E-state index is 0.0245. The highest BCUT2D eigenvalue weighted by Gasteiger charge is 2.30. The van der Waals surface area contributed by atoms with Crippen molar-refractivity contribution in [2.75, 3.05) is 6.61 Å². The van der Waals surface area contributed by atoms with E-state index in [1.165, 1.54) is 17.3 Å². The summed E-state index contributed by atoms with van der Waals surface area (Å²) in [5, 5.41) is 11.5. The van der Waals surface area contributed by atoms with Gasteiger partial charge in [0.15, 0.2) is 5.17 Å². The number of rotatable bonds is 8. The number of carbonyl (C=O) groups is 1. The molecule has 152 valence electrons. The van der Waals surface area contributed by atoms with Crippen LogP contribution in [0.2, 0.25) is 0 Å². The summed E-state index contributed by atoms with van der Waals surface area (Å²) in [6.07, 6.45) is 3.27. The smallest absolute Gasteiger partial charge is 0.239 e. The lowest BCUT2D eigenvalue weighted by Gasteiger charge is -2.08. The Balaban J connectivity index is 1.61. The van der Waals surface area contributed by atoms with Crippen molar-refractivity contribution in [3.63, 3.8) is 0 Å². The van der Waals surface area contributed by atoms with Crippen molar-refractivity contribution in [2.45, 2.75) is 44.8 Å². The molecule has 29 heavy (non-hydrogen) atoms. The van der Waals surface area contributed by atoms with Gasteiger partial charge in [-0.1, -0.05) is 68.9 Å². The highest BCUT2D eigenvalue weighted by Crippen LogP contribution is 2.24. The van der Waals surface area contributed by atoms with E-state index < -0.39 is 0 Å². The Hall–Kier alpha value is -2.60. The Morgan fingerprint density at radius 3 is 2.66 bits per heavy atom. The van der Waals surface area contributed by atoms with E-state index >= 15 is 0 Å². The monoisotopic (exact) mass is 409 g/mol. The molecule has 0 spiro atoms. The summed E-state index contributed by atoms with van der Waals surface area (Å²) in [5.41, 5.74) is 3.31. The SMILES string of the molecule is CCCOc1ccccc1C=NN=C1NC(=O)C(Cc2ccc(C(C)C)cc2)S1. The molecule has 1 unspecified atom stereocenters. The van der Waals surface area contributed by atoms with Crippen LogP contribution < -0.4 is 10.1 Å². The van der Waals surface area contributed by atoms with Crippen molar-refractivity contribution >= 4 is 29.1 Å². The summed E-state index contributed by atoms with van der Waals surface area (Å²) in [7, 11) is 0. The van der Waals surface area contributed by atoms with Gasteiger partial charge < -0.3 is 10.1 Å². The lowest BCUT2D eigenvalue weighted by atomic mass is 10.0. The number of carbonyl (C=O) groups excluding carboxylic acids is 1. The minimum Gasteiger partial charge on any atom is -0.493 e. The molecule has 1 heterocycles. The van der Waals surface area contributed by atoms with E-state index in [2.05, 4.69) is 60.6 Å². The van der Waals surface area contributed by atoms with Crippen LogP contribution >= 0.6 is 11.8 Å². The van der Waals surface area contributed by atoms with Gasteiger partial charge in [0.05, 0.1) is 18.1 Å². The Morgan fingerprint density at radius 1 is 1.17 bits per heavy atom. The number of nitrogens with zero attached hydrogens (tertiary/aromatic N) is 2. The van der Waals surface area contributed by atoms with Gasteiger partial charge in [-0.15, -0.1) is 5.10 Å². The molecule has 0 saturated carbocycles. The highest BCUT2D eigenvalue weighted by atomic mass is 32.2. The standard InChI is InChI=1S/C23H27N3O2S/c1-4-13-28-20-8-6-5-7-19(20)15-24-26-23-25-22(27)21(29-23)14-17-9-11-18(12-10-17)16(2)3/h5-12,15-16,21H,4,13-14H2,1-3H3,(H,25,26,27). The first kappa shape index (κ1) is 21.1. The zero-order valence-electron chi connectivity index (χ0n) is 17.1. The molecule has 0 bridgehead atoms. The third-order valence-electron chi connectivity index (χ3n) is 4.57. The third-order valence-corrected chi connectivity index (χ3v) is 5.64. The molecule has 5 nitrogen and oxygen atoms in total. The van der Waals surface area contributed by atoms with Crippen molar-refractivity contribution in [3.8, 4) is 5.75 Å². The van der Waals surface area contributed by atoms with Crippen LogP contribution in [0.4, 0.5) is 0 Å². The van der Waals surface area contributed by atoms with Gasteiger partial charge in [-0.05, 0) is 42.0 Å². The molecule has 2 aromatic rings. The number of hydrogen-bond donors (Lipinski definition) is 1. The van der Waals surface area contributed by atoms with Crippen LogP contribution in [0, 0.1) is 0 Å². The predicted molar refractivity (Wildman–Crippen MR) is 121 cm³/mol. The van der Waals surface area contributed by atoms with Crippen LogP contribution in [-0.4, -0.2) is 29.1 Å². The topological polar surface area (TPSA) is 63.1 Å². The second-order valence-electron chi connectivity index (χ2n) is 7.23. The fraction of sp³-hybridized carbons (Fsp3) is 0.348. The van der Waals surface area contributed by atoms with E-state index in [9.17, 15) is 4.79 Å². The van der Waals surface area contributed by atoms with Gasteiger partial charge in [0.1, 0.15) is 5.75 Å². The molecule has 1 saturated heterocycles. The normalized spacial score (nSPS) is 18.0. The molecule has 1 atom stereocenters. The van der Waals surface area contributed by atoms with Crippen molar-refractivity contribution in [1.29, 1.82) is 0 Å². The minimum atomic E-state index is -0.186. The molecule has 1 fully saturated rings. The number of amidine groups is 1. The molecular weight excluding hydrogens is 382 g/mol. The van der Waals surface area contributed by atoms with Crippen LogP contribution in [0.5, 0.6) is 5.75 Å². The lowest BCUT2D eigenvalue weighted by Crippen LogP contribution is -2.25. The molecule has 1 aliphatic rings. The van der Waals surface area contributed by atoms with E-state index in [0.717, 1.165) is 23.3 Å². The number of amides is 1. The van der Waals surface area contributed by atoms with Crippen LogP contribution in [0.15, 0.2) is 58.7 Å². The third kappa shape index (κ3) is 5.94. The summed E-state index contributed by atoms with van der Waals surface area (Å²) in [4.78, 5) is 12.3. The van der Waals surface area contributed by atoms with E-state index in [4.69, 9.17) is 4.74 Å². The fourth-order valence-electron chi connectivity index (χ4n) is 2.91. The first-order chi connectivity index (χ1) is 14.1. The van der Waals surface area contributed by atoms with Crippen molar-refractivity contribution < 1.29 is 9.53 Å². The van der Waals surface area contributed by atoms with Gasteiger partial charge in [-0.25, -0.2) is 0 Å². The van der Waals surface area contributed by atoms with Gasteiger partial charge in [0.2, 0.25) is 5.91 Å². The number of benzene rings is 2. The van der Waals surface area contributed by atoms with Crippen molar-refractivity contribution in [1.82, 2.24) is 5.32 Å². The first-order valence-corrected chi connectivity index (χ1v) is 10.8. The maximum Gasteiger partial charge on any atom is 0.239 e. The van der Waals surface area contributed by atoms with Gasteiger partial charge in [-0.2, -0.15) is 5.10 Å². The molecule has 6 heteroatoms. The molecule has 2 aromatic carbocycles. The largest absolute Gasteiger partial charge is 0.493 e. The van der Waals surface area contributed by atoms with Gasteiger partial charge >= 0.3 is 0 Å². The zero-order valence-corrected chi connectivity index (χ0v) is 17.9. The summed E-state index contributed by atoms with van der Waals surface area (Å²) >= 11 is 1.42. The second-order valence-corrected chi connectivity index (χ2v) is 8.42. The van der Waals surface area contributed by atoms with Crippen LogP contribution in [-0.2, 0) is 11.2 Å². The first-order valence-electron chi connectivity index (χ1n) is 9.96. The van der Waals surface area contributed by atoms with Crippen LogP contribution in [0.3, 0.4) is 0 Å². The number of nitrogens with one attached hydrogen (secondary N) is 1. The van der Waals surface area contributed by atoms with E-state index in [-0.39, 0.29) is 11.2 Å². The van der Waals surface area contributed by atoms with Gasteiger partial charge in [0, 0.05) is 5.56 Å². The molecule has 1 amide bonds. The quantitative estimate of drug-likeness (QED) is 0.505. The molecule has 0 aliphatic carbocycles. The molecular formula is C23H27N3O2S. The zero-order chi connectivity index (χ0) is 20.6.